The summed E-state index contributed by atoms with van der Waals surface area (Å²) in [6, 6.07) is 2.29. The van der Waals surface area contributed by atoms with Crippen molar-refractivity contribution in [2.45, 2.75) is 81.4 Å². The summed E-state index contributed by atoms with van der Waals surface area (Å²) in [5, 5.41) is 24.7. The van der Waals surface area contributed by atoms with Gasteiger partial charge in [-0.2, -0.15) is 14.5 Å². The van der Waals surface area contributed by atoms with E-state index in [1.165, 1.54) is 22.4 Å². The number of rotatable bonds is 5. The van der Waals surface area contributed by atoms with E-state index in [9.17, 15) is 13.5 Å². The van der Waals surface area contributed by atoms with Crippen LogP contribution in [-0.2, 0) is 15.6 Å². The van der Waals surface area contributed by atoms with Crippen LogP contribution in [0.2, 0.25) is 0 Å². The first-order chi connectivity index (χ1) is 14.1. The lowest BCUT2D eigenvalue weighted by molar-refractivity contribution is 0.180. The monoisotopic (exact) mass is 436 g/mol. The van der Waals surface area contributed by atoms with Crippen molar-refractivity contribution in [3.05, 3.63) is 24.2 Å². The van der Waals surface area contributed by atoms with Crippen molar-refractivity contribution in [2.24, 2.45) is 0 Å². The second-order valence-electron chi connectivity index (χ2n) is 9.46. The molecule has 0 radical (unpaired) electrons. The van der Waals surface area contributed by atoms with Crippen LogP contribution in [0.3, 0.4) is 0 Å². The van der Waals surface area contributed by atoms with Gasteiger partial charge in [0.2, 0.25) is 10.0 Å². The van der Waals surface area contributed by atoms with Gasteiger partial charge in [0.05, 0.1) is 17.8 Å². The van der Waals surface area contributed by atoms with Gasteiger partial charge in [-0.15, -0.1) is 0 Å². The lowest BCUT2D eigenvalue weighted by Crippen LogP contribution is -2.42. The Morgan fingerprint density at radius 1 is 1.20 bits per heavy atom. The molecule has 2 aromatic heterocycles. The van der Waals surface area contributed by atoms with E-state index < -0.39 is 10.0 Å². The van der Waals surface area contributed by atoms with E-state index in [-0.39, 0.29) is 22.6 Å². The molecule has 1 saturated carbocycles. The number of aliphatic hydroxyl groups is 1. The molecule has 4 rings (SSSR count). The van der Waals surface area contributed by atoms with Crippen molar-refractivity contribution in [1.29, 1.82) is 0 Å². The number of aromatic nitrogens is 4. The zero-order valence-electron chi connectivity index (χ0n) is 17.9. The average molecular weight is 437 g/mol. The Hall–Kier alpha value is -1.91. The van der Waals surface area contributed by atoms with Crippen LogP contribution in [0.15, 0.2) is 23.4 Å². The molecular formula is C20H32N6O3S. The molecular weight excluding hydrogens is 404 g/mol. The van der Waals surface area contributed by atoms with E-state index in [0.29, 0.717) is 19.0 Å². The summed E-state index contributed by atoms with van der Waals surface area (Å²) in [4.78, 5) is 0.209. The van der Waals surface area contributed by atoms with Crippen molar-refractivity contribution in [3.63, 3.8) is 0 Å². The lowest BCUT2D eigenvalue weighted by atomic mass is 10.0. The highest BCUT2D eigenvalue weighted by atomic mass is 32.2. The van der Waals surface area contributed by atoms with E-state index in [2.05, 4.69) is 47.0 Å². The summed E-state index contributed by atoms with van der Waals surface area (Å²) in [6.07, 6.45) is 6.58. The molecule has 3 N–H and O–H groups in total. The fourth-order valence-electron chi connectivity index (χ4n) is 4.50. The summed E-state index contributed by atoms with van der Waals surface area (Å²) >= 11 is 0. The highest BCUT2D eigenvalue weighted by molar-refractivity contribution is 7.89. The molecule has 1 aliphatic carbocycles. The number of hydrogen-bond acceptors (Lipinski definition) is 6. The topological polar surface area (TPSA) is 116 Å². The Kier molecular flexibility index (Phi) is 5.67. The van der Waals surface area contributed by atoms with Gasteiger partial charge in [-0.25, -0.2) is 8.42 Å². The second kappa shape index (κ2) is 7.97. The number of hydrogen-bond donors (Lipinski definition) is 3. The molecule has 1 saturated heterocycles. The van der Waals surface area contributed by atoms with Gasteiger partial charge in [-0.05, 0) is 52.9 Å². The molecule has 10 heteroatoms. The van der Waals surface area contributed by atoms with Gasteiger partial charge in [0, 0.05) is 43.0 Å². The van der Waals surface area contributed by atoms with Gasteiger partial charge in [-0.3, -0.25) is 9.78 Å². The Morgan fingerprint density at radius 3 is 2.50 bits per heavy atom. The molecule has 0 bridgehead atoms. The maximum atomic E-state index is 12.7. The third-order valence-corrected chi connectivity index (χ3v) is 7.98. The number of nitrogens with one attached hydrogen (secondary N) is 2. The third-order valence-electron chi connectivity index (χ3n) is 6.11. The molecule has 0 spiro atoms. The van der Waals surface area contributed by atoms with Crippen molar-refractivity contribution in [2.75, 3.05) is 18.4 Å². The smallest absolute Gasteiger partial charge is 0.246 e. The minimum absolute atomic E-state index is 0.148. The molecule has 30 heavy (non-hydrogen) atoms. The Balaban J connectivity index is 1.44. The molecule has 2 aliphatic rings. The maximum Gasteiger partial charge on any atom is 0.246 e. The van der Waals surface area contributed by atoms with Gasteiger partial charge in [0.25, 0.3) is 0 Å². The molecule has 1 aliphatic heterocycles. The van der Waals surface area contributed by atoms with E-state index in [1.807, 2.05) is 0 Å². The summed E-state index contributed by atoms with van der Waals surface area (Å²) in [6.45, 7) is 7.34. The minimum atomic E-state index is -3.48. The normalized spacial score (nSPS) is 24.4. The van der Waals surface area contributed by atoms with Crippen LogP contribution in [0.4, 0.5) is 5.82 Å². The minimum Gasteiger partial charge on any atom is -0.393 e. The molecule has 9 nitrogen and oxygen atoms in total. The largest absolute Gasteiger partial charge is 0.393 e. The van der Waals surface area contributed by atoms with Crippen molar-refractivity contribution < 1.29 is 13.5 Å². The first kappa shape index (κ1) is 21.3. The Bertz CT molecular complexity index is 955. The molecule has 166 valence electrons. The Morgan fingerprint density at radius 2 is 1.93 bits per heavy atom. The standard InChI is InChI=1S/C20H32N6O3S/c1-20(2,3)26-18(14-4-5-16(27)10-14)11-19(24-26)23-15-6-8-25(9-7-15)30(28,29)17-12-21-22-13-17/h11-16,27H,4-10H2,1-3H3,(H,21,22)(H,23,24)/t14-,16+/m0/s1. The van der Waals surface area contributed by atoms with Crippen molar-refractivity contribution in [3.8, 4) is 0 Å². The molecule has 2 fully saturated rings. The number of H-pyrrole nitrogens is 1. The van der Waals surface area contributed by atoms with E-state index >= 15 is 0 Å². The average Bonchev–Trinajstić information content (AvgIpc) is 3.42. The van der Waals surface area contributed by atoms with Gasteiger partial charge in [0.15, 0.2) is 0 Å². The van der Waals surface area contributed by atoms with Gasteiger partial charge >= 0.3 is 0 Å². The van der Waals surface area contributed by atoms with Crippen LogP contribution in [-0.4, -0.2) is 63.0 Å². The SMILES string of the molecule is CC(C)(C)n1nc(NC2CCN(S(=O)(=O)c3cn[nH]c3)CC2)cc1[C@H]1CC[C@@H](O)C1. The van der Waals surface area contributed by atoms with Crippen LogP contribution in [0.25, 0.3) is 0 Å². The summed E-state index contributed by atoms with van der Waals surface area (Å²) in [5.41, 5.74) is 1.02. The first-order valence-corrected chi connectivity index (χ1v) is 12.1. The summed E-state index contributed by atoms with van der Waals surface area (Å²) in [7, 11) is -3.48. The highest BCUT2D eigenvalue weighted by Crippen LogP contribution is 2.37. The maximum absolute atomic E-state index is 12.7. The van der Waals surface area contributed by atoms with E-state index in [1.54, 1.807) is 0 Å². The zero-order valence-corrected chi connectivity index (χ0v) is 18.7. The van der Waals surface area contributed by atoms with Gasteiger partial charge in [0.1, 0.15) is 10.7 Å². The molecule has 0 unspecified atom stereocenters. The van der Waals surface area contributed by atoms with E-state index in [4.69, 9.17) is 5.10 Å². The van der Waals surface area contributed by atoms with Crippen molar-refractivity contribution in [1.82, 2.24) is 24.3 Å². The molecule has 2 atom stereocenters. The predicted molar refractivity (Wildman–Crippen MR) is 114 cm³/mol. The van der Waals surface area contributed by atoms with Crippen LogP contribution in [0.5, 0.6) is 0 Å². The second-order valence-corrected chi connectivity index (χ2v) is 11.4. The van der Waals surface area contributed by atoms with Crippen LogP contribution < -0.4 is 5.32 Å². The highest BCUT2D eigenvalue weighted by Gasteiger charge is 2.33. The first-order valence-electron chi connectivity index (χ1n) is 10.7. The number of sulfonamides is 1. The van der Waals surface area contributed by atoms with Gasteiger partial charge in [-0.1, -0.05) is 0 Å². The molecule has 0 amide bonds. The number of aliphatic hydroxyl groups excluding tert-OH is 1. The van der Waals surface area contributed by atoms with Crippen LogP contribution in [0.1, 0.15) is 64.5 Å². The van der Waals surface area contributed by atoms with Crippen LogP contribution in [0, 0.1) is 0 Å². The molecule has 0 aromatic carbocycles. The van der Waals surface area contributed by atoms with Gasteiger partial charge < -0.3 is 10.4 Å². The zero-order chi connectivity index (χ0) is 21.5. The quantitative estimate of drug-likeness (QED) is 0.662. The summed E-state index contributed by atoms with van der Waals surface area (Å²) < 4.78 is 28.9. The van der Waals surface area contributed by atoms with Crippen LogP contribution >= 0.6 is 0 Å². The lowest BCUT2D eigenvalue weighted by Gasteiger charge is -2.31. The van der Waals surface area contributed by atoms with E-state index in [0.717, 1.165) is 37.9 Å². The third kappa shape index (κ3) is 4.26. The number of aromatic amines is 1. The molecule has 2 aromatic rings. The predicted octanol–water partition coefficient (Wildman–Crippen LogP) is 2.25. The number of anilines is 1. The summed E-state index contributed by atoms with van der Waals surface area (Å²) in [5.74, 6) is 1.15. The fourth-order valence-corrected chi connectivity index (χ4v) is 5.88. The fraction of sp³-hybridized carbons (Fsp3) is 0.700. The number of piperidine rings is 1. The molecule has 3 heterocycles. The Labute approximate surface area is 177 Å². The number of nitrogens with zero attached hydrogens (tertiary/aromatic N) is 4. The van der Waals surface area contributed by atoms with Crippen molar-refractivity contribution >= 4 is 15.8 Å².